The minimum atomic E-state index is -0.264. The van der Waals surface area contributed by atoms with Crippen molar-refractivity contribution in [3.8, 4) is 22.8 Å². The molecule has 0 unspecified atom stereocenters. The molecule has 6 heteroatoms. The fraction of sp³-hybridized carbons (Fsp3) is 0.286. The monoisotopic (exact) mass is 462 g/mol. The van der Waals surface area contributed by atoms with Crippen LogP contribution in [0.25, 0.3) is 22.8 Å². The fourth-order valence-electron chi connectivity index (χ4n) is 3.19. The lowest BCUT2D eigenvalue weighted by Gasteiger charge is -2.08. The van der Waals surface area contributed by atoms with Crippen molar-refractivity contribution in [2.45, 2.75) is 53.9 Å². The van der Waals surface area contributed by atoms with Crippen molar-refractivity contribution in [2.24, 2.45) is 0 Å². The van der Waals surface area contributed by atoms with Gasteiger partial charge in [-0.3, -0.25) is 0 Å². The van der Waals surface area contributed by atoms with Crippen LogP contribution in [0.15, 0.2) is 67.3 Å². The van der Waals surface area contributed by atoms with Crippen molar-refractivity contribution < 1.29 is 8.78 Å². The molecule has 0 aliphatic rings. The molecule has 0 aliphatic heterocycles. The van der Waals surface area contributed by atoms with Crippen molar-refractivity contribution in [3.63, 3.8) is 0 Å². The lowest BCUT2D eigenvalue weighted by molar-refractivity contribution is 0.598. The number of nitrogens with zero attached hydrogens (tertiary/aromatic N) is 4. The van der Waals surface area contributed by atoms with Gasteiger partial charge in [0.1, 0.15) is 11.6 Å². The molecular formula is C28H32F2N4. The van der Waals surface area contributed by atoms with E-state index in [1.54, 1.807) is 49.1 Å². The largest absolute Gasteiger partial charge is 0.237 e. The second-order valence-electron chi connectivity index (χ2n) is 8.44. The average molecular weight is 463 g/mol. The summed E-state index contributed by atoms with van der Waals surface area (Å²) in [5.41, 5.74) is 3.84. The van der Waals surface area contributed by atoms with Gasteiger partial charge in [0.25, 0.3) is 0 Å². The molecule has 0 saturated heterocycles. The van der Waals surface area contributed by atoms with E-state index in [-0.39, 0.29) is 25.0 Å². The Hall–Kier alpha value is -3.54. The lowest BCUT2D eigenvalue weighted by Crippen LogP contribution is -1.95. The molecule has 0 aliphatic carbocycles. The van der Waals surface area contributed by atoms with Crippen molar-refractivity contribution in [1.29, 1.82) is 0 Å². The second-order valence-corrected chi connectivity index (χ2v) is 8.44. The van der Waals surface area contributed by atoms with Crippen LogP contribution in [0.1, 0.15) is 63.6 Å². The van der Waals surface area contributed by atoms with E-state index in [1.807, 2.05) is 46.8 Å². The number of aryl methyl sites for hydroxylation is 1. The molecule has 34 heavy (non-hydrogen) atoms. The Labute approximate surface area is 201 Å². The number of halogens is 2. The van der Waals surface area contributed by atoms with Crippen molar-refractivity contribution in [1.82, 2.24) is 19.9 Å². The highest BCUT2D eigenvalue weighted by Gasteiger charge is 2.10. The Morgan fingerprint density at radius 2 is 1.35 bits per heavy atom. The molecule has 0 saturated carbocycles. The first-order chi connectivity index (χ1) is 15.8. The summed E-state index contributed by atoms with van der Waals surface area (Å²) in [5.74, 6) is 1.03. The molecule has 0 atom stereocenters. The average Bonchev–Trinajstić information content (AvgIpc) is 2.80. The minimum absolute atomic E-state index is 0. The van der Waals surface area contributed by atoms with E-state index in [0.717, 1.165) is 16.7 Å². The van der Waals surface area contributed by atoms with Gasteiger partial charge in [-0.05, 0) is 59.7 Å². The Balaban J connectivity index is 0.000000234. The molecule has 0 radical (unpaired) electrons. The molecule has 0 fully saturated rings. The highest BCUT2D eigenvalue weighted by molar-refractivity contribution is 5.57. The smallest absolute Gasteiger partial charge is 0.162 e. The van der Waals surface area contributed by atoms with Gasteiger partial charge in [-0.1, -0.05) is 53.3 Å². The number of hydrogen-bond donors (Lipinski definition) is 0. The predicted octanol–water partition coefficient (Wildman–Crippen LogP) is 7.76. The molecule has 2 aromatic heterocycles. The second kappa shape index (κ2) is 12.1. The maximum absolute atomic E-state index is 13.9. The molecule has 0 amide bonds. The lowest BCUT2D eigenvalue weighted by atomic mass is 10.0. The number of aromatic nitrogens is 4. The van der Waals surface area contributed by atoms with E-state index in [0.29, 0.717) is 28.7 Å². The van der Waals surface area contributed by atoms with Gasteiger partial charge in [-0.15, -0.1) is 0 Å². The highest BCUT2D eigenvalue weighted by Crippen LogP contribution is 2.24. The van der Waals surface area contributed by atoms with Gasteiger partial charge in [0.05, 0.1) is 5.56 Å². The van der Waals surface area contributed by atoms with Crippen molar-refractivity contribution in [2.75, 3.05) is 0 Å². The third kappa shape index (κ3) is 6.73. The molecular weight excluding hydrogens is 430 g/mol. The standard InChI is InChI=1S/C14H15FN2.C13H13FN2.CH4/c1-9(2)11-4-5-12(13(15)6-11)14-16-7-10(3)8-17-14;1-9(2)11-5-4-10(8-12(11)14)13-15-6-3-7-16-13;/h4-9H,1-3H3;3-9H,1-2H3;1H4. The zero-order valence-electron chi connectivity index (χ0n) is 19.6. The first kappa shape index (κ1) is 26.7. The Bertz CT molecular complexity index is 1190. The summed E-state index contributed by atoms with van der Waals surface area (Å²) in [5, 5.41) is 0. The first-order valence-electron chi connectivity index (χ1n) is 10.9. The summed E-state index contributed by atoms with van der Waals surface area (Å²) in [6, 6.07) is 12.1. The zero-order chi connectivity index (χ0) is 24.0. The molecule has 178 valence electrons. The molecule has 4 aromatic rings. The molecule has 0 bridgehead atoms. The third-order valence-corrected chi connectivity index (χ3v) is 5.13. The summed E-state index contributed by atoms with van der Waals surface area (Å²) in [4.78, 5) is 16.4. The number of rotatable bonds is 4. The van der Waals surface area contributed by atoms with Crippen molar-refractivity contribution in [3.05, 3.63) is 95.6 Å². The quantitative estimate of drug-likeness (QED) is 0.311. The van der Waals surface area contributed by atoms with Crippen LogP contribution in [0.4, 0.5) is 8.78 Å². The van der Waals surface area contributed by atoms with Gasteiger partial charge in [0, 0.05) is 30.4 Å². The molecule has 2 heterocycles. The Morgan fingerprint density at radius 1 is 0.706 bits per heavy atom. The number of benzene rings is 2. The van der Waals surface area contributed by atoms with Gasteiger partial charge in [0.2, 0.25) is 0 Å². The van der Waals surface area contributed by atoms with Crippen LogP contribution in [0, 0.1) is 18.6 Å². The van der Waals surface area contributed by atoms with E-state index < -0.39 is 0 Å². The first-order valence-corrected chi connectivity index (χ1v) is 10.9. The maximum Gasteiger partial charge on any atom is 0.162 e. The van der Waals surface area contributed by atoms with Crippen LogP contribution in [0.5, 0.6) is 0 Å². The topological polar surface area (TPSA) is 51.6 Å². The van der Waals surface area contributed by atoms with Crippen molar-refractivity contribution >= 4 is 0 Å². The highest BCUT2D eigenvalue weighted by atomic mass is 19.1. The molecule has 4 nitrogen and oxygen atoms in total. The molecule has 2 aromatic carbocycles. The van der Waals surface area contributed by atoms with Crippen LogP contribution in [-0.4, -0.2) is 19.9 Å². The van der Waals surface area contributed by atoms with Gasteiger partial charge in [-0.25, -0.2) is 28.7 Å². The Kier molecular flexibility index (Phi) is 9.48. The SMILES string of the molecule is C.CC(C)c1ccc(-c2ncccn2)cc1F.Cc1cnc(-c2ccc(C(C)C)cc2F)nc1. The van der Waals surface area contributed by atoms with E-state index in [9.17, 15) is 8.78 Å². The maximum atomic E-state index is 13.9. The fourth-order valence-corrected chi connectivity index (χ4v) is 3.19. The van der Waals surface area contributed by atoms with Crippen LogP contribution in [0.2, 0.25) is 0 Å². The number of hydrogen-bond acceptors (Lipinski definition) is 4. The van der Waals surface area contributed by atoms with Gasteiger partial charge in [-0.2, -0.15) is 0 Å². The van der Waals surface area contributed by atoms with E-state index in [4.69, 9.17) is 0 Å². The Morgan fingerprint density at radius 3 is 1.88 bits per heavy atom. The van der Waals surface area contributed by atoms with E-state index >= 15 is 0 Å². The summed E-state index contributed by atoms with van der Waals surface area (Å²) in [7, 11) is 0. The van der Waals surface area contributed by atoms with Gasteiger partial charge >= 0.3 is 0 Å². The molecule has 4 rings (SSSR count). The summed E-state index contributed by atoms with van der Waals surface area (Å²) >= 11 is 0. The van der Waals surface area contributed by atoms with E-state index in [1.165, 1.54) is 6.07 Å². The van der Waals surface area contributed by atoms with Gasteiger partial charge in [0.15, 0.2) is 11.6 Å². The minimum Gasteiger partial charge on any atom is -0.237 e. The third-order valence-electron chi connectivity index (χ3n) is 5.13. The summed E-state index contributed by atoms with van der Waals surface area (Å²) in [6.45, 7) is 9.92. The van der Waals surface area contributed by atoms with Gasteiger partial charge < -0.3 is 0 Å². The van der Waals surface area contributed by atoms with Crippen LogP contribution >= 0.6 is 0 Å². The summed E-state index contributed by atoms with van der Waals surface area (Å²) in [6.07, 6.45) is 6.68. The van der Waals surface area contributed by atoms with Crippen LogP contribution in [-0.2, 0) is 0 Å². The molecule has 0 spiro atoms. The molecule has 0 N–H and O–H groups in total. The normalized spacial score (nSPS) is 10.5. The van der Waals surface area contributed by atoms with Crippen LogP contribution in [0.3, 0.4) is 0 Å². The summed E-state index contributed by atoms with van der Waals surface area (Å²) < 4.78 is 27.6. The predicted molar refractivity (Wildman–Crippen MR) is 134 cm³/mol. The zero-order valence-corrected chi connectivity index (χ0v) is 19.6. The van der Waals surface area contributed by atoms with Crippen LogP contribution < -0.4 is 0 Å². The van der Waals surface area contributed by atoms with E-state index in [2.05, 4.69) is 19.9 Å².